The van der Waals surface area contributed by atoms with Gasteiger partial charge in [-0.1, -0.05) is 18.2 Å². The minimum Gasteiger partial charge on any atom is -0.465 e. The molecule has 3 aromatic rings. The molecule has 0 aliphatic rings. The van der Waals surface area contributed by atoms with E-state index in [-0.39, 0.29) is 11.6 Å². The van der Waals surface area contributed by atoms with Gasteiger partial charge >= 0.3 is 12.1 Å². The summed E-state index contributed by atoms with van der Waals surface area (Å²) >= 11 is 0. The first-order valence-corrected chi connectivity index (χ1v) is 7.74. The van der Waals surface area contributed by atoms with Crippen LogP contribution in [0.3, 0.4) is 0 Å². The number of aromatic nitrogens is 2. The molecule has 0 bridgehead atoms. The summed E-state index contributed by atoms with van der Waals surface area (Å²) < 4.78 is 48.3. The molecule has 0 saturated heterocycles. The predicted molar refractivity (Wildman–Crippen MR) is 90.3 cm³/mol. The average molecular weight is 374 g/mol. The van der Waals surface area contributed by atoms with Crippen LogP contribution in [0.5, 0.6) is 11.6 Å². The number of ether oxygens (including phenoxy) is 2. The monoisotopic (exact) mass is 374 g/mol. The van der Waals surface area contributed by atoms with Gasteiger partial charge in [-0.3, -0.25) is 0 Å². The summed E-state index contributed by atoms with van der Waals surface area (Å²) in [5, 5.41) is 0. The Kier molecular flexibility index (Phi) is 5.07. The predicted octanol–water partition coefficient (Wildman–Crippen LogP) is 4.74. The third kappa shape index (κ3) is 4.05. The smallest absolute Gasteiger partial charge is 0.433 e. The highest BCUT2D eigenvalue weighted by Gasteiger charge is 2.32. The number of carbonyl (C=O) groups is 1. The zero-order valence-corrected chi connectivity index (χ0v) is 14.0. The van der Waals surface area contributed by atoms with Crippen molar-refractivity contribution in [2.75, 3.05) is 7.11 Å². The number of benzene rings is 1. The molecule has 1 aromatic carbocycles. The third-order valence-electron chi connectivity index (χ3n) is 3.64. The lowest BCUT2D eigenvalue weighted by atomic mass is 10.0. The molecule has 5 nitrogen and oxygen atoms in total. The topological polar surface area (TPSA) is 61.3 Å². The number of carbonyl (C=O) groups excluding carboxylic acids is 1. The minimum atomic E-state index is -4.53. The minimum absolute atomic E-state index is 0.0819. The van der Waals surface area contributed by atoms with Crippen molar-refractivity contribution < 1.29 is 27.4 Å². The van der Waals surface area contributed by atoms with Gasteiger partial charge in [-0.15, -0.1) is 0 Å². The summed E-state index contributed by atoms with van der Waals surface area (Å²) in [5.74, 6) is -0.328. The molecule has 0 atom stereocenters. The molecule has 138 valence electrons. The molecular weight excluding hydrogens is 361 g/mol. The van der Waals surface area contributed by atoms with Crippen molar-refractivity contribution in [3.05, 3.63) is 72.2 Å². The average Bonchev–Trinajstić information content (AvgIpc) is 2.67. The normalized spacial score (nSPS) is 11.1. The summed E-state index contributed by atoms with van der Waals surface area (Å²) in [6, 6.07) is 12.0. The van der Waals surface area contributed by atoms with E-state index in [1.165, 1.54) is 13.3 Å². The van der Waals surface area contributed by atoms with Gasteiger partial charge in [0.25, 0.3) is 0 Å². The van der Waals surface area contributed by atoms with Crippen LogP contribution in [0, 0.1) is 0 Å². The Morgan fingerprint density at radius 3 is 2.37 bits per heavy atom. The van der Waals surface area contributed by atoms with Gasteiger partial charge < -0.3 is 9.47 Å². The zero-order chi connectivity index (χ0) is 19.4. The quantitative estimate of drug-likeness (QED) is 0.617. The molecule has 0 radical (unpaired) electrons. The van der Waals surface area contributed by atoms with Crippen LogP contribution >= 0.6 is 0 Å². The molecule has 8 heteroatoms. The van der Waals surface area contributed by atoms with E-state index in [0.29, 0.717) is 16.7 Å². The summed E-state index contributed by atoms with van der Waals surface area (Å²) in [5.41, 5.74) is 0.293. The summed E-state index contributed by atoms with van der Waals surface area (Å²) in [6.07, 6.45) is -2.10. The van der Waals surface area contributed by atoms with E-state index >= 15 is 0 Å². The fourth-order valence-electron chi connectivity index (χ4n) is 2.40. The Labute approximate surface area is 152 Å². The molecule has 0 aliphatic heterocycles. The second-order valence-corrected chi connectivity index (χ2v) is 5.37. The third-order valence-corrected chi connectivity index (χ3v) is 3.64. The molecule has 0 N–H and O–H groups in total. The van der Waals surface area contributed by atoms with Crippen molar-refractivity contribution in [3.8, 4) is 22.8 Å². The Hall–Kier alpha value is -3.42. The van der Waals surface area contributed by atoms with Crippen molar-refractivity contribution in [2.45, 2.75) is 6.18 Å². The van der Waals surface area contributed by atoms with Crippen LogP contribution in [0.2, 0.25) is 0 Å². The van der Waals surface area contributed by atoms with Crippen molar-refractivity contribution in [2.24, 2.45) is 0 Å². The van der Waals surface area contributed by atoms with Crippen molar-refractivity contribution in [3.63, 3.8) is 0 Å². The molecule has 0 saturated carbocycles. The van der Waals surface area contributed by atoms with Crippen molar-refractivity contribution in [1.82, 2.24) is 9.97 Å². The molecule has 0 amide bonds. The molecule has 0 aliphatic carbocycles. The van der Waals surface area contributed by atoms with Gasteiger partial charge in [0.15, 0.2) is 0 Å². The van der Waals surface area contributed by atoms with Crippen LogP contribution < -0.4 is 4.74 Å². The maximum atomic E-state index is 12.6. The van der Waals surface area contributed by atoms with Crippen molar-refractivity contribution >= 4 is 5.97 Å². The lowest BCUT2D eigenvalue weighted by Crippen LogP contribution is -2.07. The highest BCUT2D eigenvalue weighted by atomic mass is 19.4. The fraction of sp³-hybridized carbons (Fsp3) is 0.105. The second-order valence-electron chi connectivity index (χ2n) is 5.37. The number of hydrogen-bond acceptors (Lipinski definition) is 5. The summed E-state index contributed by atoms with van der Waals surface area (Å²) in [6.45, 7) is 0. The number of pyridine rings is 2. The lowest BCUT2D eigenvalue weighted by molar-refractivity contribution is -0.141. The number of nitrogens with zero attached hydrogens (tertiary/aromatic N) is 2. The first kappa shape index (κ1) is 18.4. The van der Waals surface area contributed by atoms with Gasteiger partial charge in [0.05, 0.1) is 18.9 Å². The maximum absolute atomic E-state index is 12.6. The Balaban J connectivity index is 1.98. The maximum Gasteiger partial charge on any atom is 0.433 e. The fourth-order valence-corrected chi connectivity index (χ4v) is 2.40. The van der Waals surface area contributed by atoms with E-state index in [0.717, 1.165) is 18.3 Å². The van der Waals surface area contributed by atoms with Gasteiger partial charge in [-0.25, -0.2) is 14.8 Å². The van der Waals surface area contributed by atoms with E-state index in [4.69, 9.17) is 9.47 Å². The Morgan fingerprint density at radius 2 is 1.70 bits per heavy atom. The van der Waals surface area contributed by atoms with E-state index in [2.05, 4.69) is 9.97 Å². The van der Waals surface area contributed by atoms with E-state index in [1.807, 2.05) is 0 Å². The number of methoxy groups -OCH3 is 1. The molecular formula is C19H13F3N2O3. The Morgan fingerprint density at radius 1 is 0.963 bits per heavy atom. The first-order valence-electron chi connectivity index (χ1n) is 7.74. The van der Waals surface area contributed by atoms with Crippen LogP contribution in [-0.4, -0.2) is 23.0 Å². The highest BCUT2D eigenvalue weighted by molar-refractivity contribution is 5.97. The second kappa shape index (κ2) is 7.45. The number of halogens is 3. The molecule has 27 heavy (non-hydrogen) atoms. The number of hydrogen-bond donors (Lipinski definition) is 0. The van der Waals surface area contributed by atoms with E-state index < -0.39 is 17.8 Å². The Bertz CT molecular complexity index is 957. The molecule has 3 rings (SSSR count). The van der Waals surface area contributed by atoms with Gasteiger partial charge in [0, 0.05) is 17.3 Å². The van der Waals surface area contributed by atoms with Crippen LogP contribution in [-0.2, 0) is 10.9 Å². The van der Waals surface area contributed by atoms with Crippen LogP contribution in [0.1, 0.15) is 16.1 Å². The standard InChI is InChI=1S/C19H13F3N2O3/c1-26-18(25)15-6-3-2-5-13(15)14-7-4-10-23-17(14)27-12-8-9-16(24-11-12)19(20,21)22/h2-11H,1H3. The summed E-state index contributed by atoms with van der Waals surface area (Å²) in [7, 11) is 1.27. The van der Waals surface area contributed by atoms with Gasteiger partial charge in [0.1, 0.15) is 11.4 Å². The molecule has 0 fully saturated rings. The van der Waals surface area contributed by atoms with Gasteiger partial charge in [-0.05, 0) is 30.3 Å². The SMILES string of the molecule is COC(=O)c1ccccc1-c1cccnc1Oc1ccc(C(F)(F)F)nc1. The molecule has 0 unspecified atom stereocenters. The van der Waals surface area contributed by atoms with Crippen LogP contribution in [0.15, 0.2) is 60.9 Å². The van der Waals surface area contributed by atoms with E-state index in [9.17, 15) is 18.0 Å². The number of esters is 1. The lowest BCUT2D eigenvalue weighted by Gasteiger charge is -2.13. The molecule has 0 spiro atoms. The molecule has 2 heterocycles. The van der Waals surface area contributed by atoms with Crippen LogP contribution in [0.25, 0.3) is 11.1 Å². The zero-order valence-electron chi connectivity index (χ0n) is 14.0. The first-order chi connectivity index (χ1) is 12.9. The summed E-state index contributed by atoms with van der Waals surface area (Å²) in [4.78, 5) is 19.5. The van der Waals surface area contributed by atoms with Gasteiger partial charge in [-0.2, -0.15) is 13.2 Å². The number of alkyl halides is 3. The molecule has 2 aromatic heterocycles. The largest absolute Gasteiger partial charge is 0.465 e. The number of rotatable bonds is 4. The van der Waals surface area contributed by atoms with Crippen molar-refractivity contribution in [1.29, 1.82) is 0 Å². The van der Waals surface area contributed by atoms with E-state index in [1.54, 1.807) is 36.4 Å². The van der Waals surface area contributed by atoms with Crippen LogP contribution in [0.4, 0.5) is 13.2 Å². The van der Waals surface area contributed by atoms with Gasteiger partial charge in [0.2, 0.25) is 5.88 Å². The highest BCUT2D eigenvalue weighted by Crippen LogP contribution is 2.34.